The Bertz CT molecular complexity index is 1250. The van der Waals surface area contributed by atoms with Crippen molar-refractivity contribution in [2.75, 3.05) is 6.54 Å². The Morgan fingerprint density at radius 2 is 1.91 bits per heavy atom. The van der Waals surface area contributed by atoms with Crippen LogP contribution in [-0.4, -0.2) is 51.0 Å². The first kappa shape index (κ1) is 22.7. The molecule has 1 aliphatic heterocycles. The summed E-state index contributed by atoms with van der Waals surface area (Å²) in [6.07, 6.45) is 3.11. The average Bonchev–Trinajstić information content (AvgIpc) is 3.37. The van der Waals surface area contributed by atoms with Gasteiger partial charge in [0.25, 0.3) is 0 Å². The van der Waals surface area contributed by atoms with E-state index in [1.54, 1.807) is 12.1 Å². The van der Waals surface area contributed by atoms with Gasteiger partial charge < -0.3 is 14.6 Å². The molecule has 1 fully saturated rings. The van der Waals surface area contributed by atoms with Gasteiger partial charge in [-0.25, -0.2) is 0 Å². The minimum atomic E-state index is -1.11. The summed E-state index contributed by atoms with van der Waals surface area (Å²) in [5.41, 5.74) is 1.29. The molecule has 176 valence electrons. The fraction of sp³-hybridized carbons (Fsp3) is 0.375. The van der Waals surface area contributed by atoms with E-state index in [0.717, 1.165) is 10.5 Å². The van der Waals surface area contributed by atoms with Crippen LogP contribution in [0.4, 0.5) is 0 Å². The average molecular weight is 530 g/mol. The van der Waals surface area contributed by atoms with E-state index in [4.69, 9.17) is 9.52 Å². The number of carbonyl (C=O) groups is 5. The molecule has 1 aromatic rings. The highest BCUT2D eigenvalue weighted by molar-refractivity contribution is 9.12. The molecule has 0 bridgehead atoms. The highest BCUT2D eigenvalue weighted by Gasteiger charge is 2.56. The number of likely N-dealkylation sites (tertiary alicyclic amines) is 1. The molecule has 2 amide bonds. The fourth-order valence-electron chi connectivity index (χ4n) is 5.66. The van der Waals surface area contributed by atoms with Gasteiger partial charge in [-0.1, -0.05) is 11.6 Å². The monoisotopic (exact) mass is 529 g/mol. The highest BCUT2D eigenvalue weighted by atomic mass is 79.9. The van der Waals surface area contributed by atoms with Crippen LogP contribution < -0.4 is 0 Å². The van der Waals surface area contributed by atoms with Gasteiger partial charge in [0, 0.05) is 23.8 Å². The first-order chi connectivity index (χ1) is 16.2. The van der Waals surface area contributed by atoms with Gasteiger partial charge in [0.2, 0.25) is 11.8 Å². The van der Waals surface area contributed by atoms with Crippen molar-refractivity contribution in [2.45, 2.75) is 31.8 Å². The lowest BCUT2D eigenvalue weighted by molar-refractivity contribution is -0.142. The lowest BCUT2D eigenvalue weighted by Crippen LogP contribution is -2.39. The molecule has 0 spiro atoms. The van der Waals surface area contributed by atoms with Crippen LogP contribution in [0.5, 0.6) is 0 Å². The smallest absolute Gasteiger partial charge is 0.305 e. The van der Waals surface area contributed by atoms with Crippen LogP contribution in [-0.2, 0) is 30.6 Å². The predicted octanol–water partition coefficient (Wildman–Crippen LogP) is 2.01. The maximum absolute atomic E-state index is 13.3. The number of carboxylic acids is 1. The Kier molecular flexibility index (Phi) is 5.52. The maximum atomic E-state index is 13.3. The second-order valence-corrected chi connectivity index (χ2v) is 9.68. The number of nitrogens with zero attached hydrogens (tertiary/aromatic N) is 1. The minimum absolute atomic E-state index is 0.117. The summed E-state index contributed by atoms with van der Waals surface area (Å²) in [4.78, 5) is 64.4. The van der Waals surface area contributed by atoms with Crippen LogP contribution in [0.15, 0.2) is 49.9 Å². The van der Waals surface area contributed by atoms with Gasteiger partial charge in [0.15, 0.2) is 11.6 Å². The van der Waals surface area contributed by atoms with Crippen LogP contribution >= 0.6 is 15.9 Å². The molecule has 1 aromatic heterocycles. The predicted molar refractivity (Wildman–Crippen MR) is 118 cm³/mol. The maximum Gasteiger partial charge on any atom is 0.305 e. The van der Waals surface area contributed by atoms with Crippen molar-refractivity contribution in [3.63, 3.8) is 0 Å². The molecule has 10 heteroatoms. The number of carboxylic acid groups (broad SMARTS) is 1. The summed E-state index contributed by atoms with van der Waals surface area (Å²) in [7, 11) is 0. The van der Waals surface area contributed by atoms with Crippen molar-refractivity contribution in [3.8, 4) is 0 Å². The van der Waals surface area contributed by atoms with E-state index in [2.05, 4.69) is 15.9 Å². The Morgan fingerprint density at radius 3 is 2.59 bits per heavy atom. The van der Waals surface area contributed by atoms with Crippen molar-refractivity contribution in [2.24, 2.45) is 17.8 Å². The zero-order valence-electron chi connectivity index (χ0n) is 17.8. The van der Waals surface area contributed by atoms with Gasteiger partial charge in [-0.05, 0) is 46.8 Å². The number of fused-ring (bicyclic) bond motifs is 3. The van der Waals surface area contributed by atoms with Gasteiger partial charge >= 0.3 is 5.97 Å². The molecule has 5 rings (SSSR count). The van der Waals surface area contributed by atoms with E-state index < -0.39 is 41.5 Å². The summed E-state index contributed by atoms with van der Waals surface area (Å²) in [6.45, 7) is -0.543. The Labute approximate surface area is 201 Å². The Hall–Kier alpha value is -3.11. The number of halogens is 1. The normalized spacial score (nSPS) is 28.5. The van der Waals surface area contributed by atoms with Gasteiger partial charge in [0.1, 0.15) is 18.1 Å². The van der Waals surface area contributed by atoms with Gasteiger partial charge in [-0.3, -0.25) is 28.9 Å². The van der Waals surface area contributed by atoms with Gasteiger partial charge in [-0.2, -0.15) is 0 Å². The number of ketones is 2. The second-order valence-electron chi connectivity index (χ2n) is 8.83. The zero-order valence-corrected chi connectivity index (χ0v) is 19.4. The largest absolute Gasteiger partial charge is 0.481 e. The molecule has 9 nitrogen and oxygen atoms in total. The highest BCUT2D eigenvalue weighted by Crippen LogP contribution is 2.55. The fourth-order valence-corrected chi connectivity index (χ4v) is 6.11. The molecule has 0 radical (unpaired) electrons. The van der Waals surface area contributed by atoms with Crippen molar-refractivity contribution >= 4 is 45.3 Å². The van der Waals surface area contributed by atoms with Crippen LogP contribution in [0.2, 0.25) is 0 Å². The van der Waals surface area contributed by atoms with Crippen molar-refractivity contribution in [3.05, 3.63) is 57.0 Å². The third-order valence-corrected chi connectivity index (χ3v) is 7.68. The number of imide groups is 1. The number of hydrogen-bond acceptors (Lipinski definition) is 7. The summed E-state index contributed by atoms with van der Waals surface area (Å²) in [5.74, 6) is -4.63. The molecule has 4 atom stereocenters. The first-order valence-corrected chi connectivity index (χ1v) is 11.7. The topological polar surface area (TPSA) is 142 Å². The number of furan rings is 1. The van der Waals surface area contributed by atoms with E-state index in [1.165, 1.54) is 6.08 Å². The van der Waals surface area contributed by atoms with E-state index in [0.29, 0.717) is 11.5 Å². The molecule has 0 unspecified atom stereocenters. The first-order valence-electron chi connectivity index (χ1n) is 10.9. The molecular weight excluding hydrogens is 510 g/mol. The lowest BCUT2D eigenvalue weighted by atomic mass is 9.60. The van der Waals surface area contributed by atoms with Crippen LogP contribution in [0.1, 0.15) is 36.7 Å². The van der Waals surface area contributed by atoms with E-state index in [-0.39, 0.29) is 59.6 Å². The Balaban J connectivity index is 1.60. The quantitative estimate of drug-likeness (QED) is 0.335. The number of aliphatic hydroxyl groups excluding tert-OH is 1. The van der Waals surface area contributed by atoms with Gasteiger partial charge in [0.05, 0.1) is 28.7 Å². The molecule has 3 aliphatic carbocycles. The molecule has 2 heterocycles. The third-order valence-electron chi connectivity index (χ3n) is 7.09. The number of aliphatic carboxylic acids is 1. The number of Topliss-reactive ketones (excluding diaryl/α,β-unsaturated/α-hetero) is 1. The van der Waals surface area contributed by atoms with Crippen molar-refractivity contribution < 1.29 is 38.6 Å². The molecule has 0 aromatic carbocycles. The Morgan fingerprint density at radius 1 is 1.15 bits per heavy atom. The molecule has 4 aliphatic rings. The summed E-state index contributed by atoms with van der Waals surface area (Å²) < 4.78 is 5.90. The van der Waals surface area contributed by atoms with Crippen molar-refractivity contribution in [1.29, 1.82) is 0 Å². The number of hydrogen-bond donors (Lipinski definition) is 2. The van der Waals surface area contributed by atoms with E-state index in [1.807, 2.05) is 6.08 Å². The second kappa shape index (κ2) is 8.28. The summed E-state index contributed by atoms with van der Waals surface area (Å²) in [6, 6.07) is 3.23. The number of amides is 2. The van der Waals surface area contributed by atoms with Crippen LogP contribution in [0, 0.1) is 17.8 Å². The molecule has 34 heavy (non-hydrogen) atoms. The molecule has 1 saturated heterocycles. The summed E-state index contributed by atoms with van der Waals surface area (Å²) in [5, 5.41) is 18.5. The molecule has 0 saturated carbocycles. The molecular formula is C24H20BrNO8. The van der Waals surface area contributed by atoms with E-state index >= 15 is 0 Å². The molecule has 2 N–H and O–H groups in total. The number of rotatable bonds is 5. The van der Waals surface area contributed by atoms with Crippen LogP contribution in [0.25, 0.3) is 0 Å². The van der Waals surface area contributed by atoms with E-state index in [9.17, 15) is 29.1 Å². The minimum Gasteiger partial charge on any atom is -0.481 e. The SMILES string of the molecule is O=C(O)CCN1C(=O)[C@H]2[C@H](CC=C3[C@H](c4ccc(CO)o4)C4=C(C[C@H]32)C(=O)C(Br)=CC4=O)C1=O. The number of allylic oxidation sites excluding steroid dienone is 6. The third kappa shape index (κ3) is 3.35. The number of aliphatic hydroxyl groups is 1. The summed E-state index contributed by atoms with van der Waals surface area (Å²) >= 11 is 3.16. The zero-order chi connectivity index (χ0) is 24.3. The number of carbonyl (C=O) groups excluding carboxylic acids is 4. The van der Waals surface area contributed by atoms with Crippen LogP contribution in [0.3, 0.4) is 0 Å². The van der Waals surface area contributed by atoms with Crippen molar-refractivity contribution in [1.82, 2.24) is 4.90 Å². The van der Waals surface area contributed by atoms with Gasteiger partial charge in [-0.15, -0.1) is 0 Å². The lowest BCUT2D eigenvalue weighted by Gasteiger charge is -2.41. The standard InChI is InChI=1S/C24H20BrNO8/c25-15-8-16(28)20-14(22(15)31)7-13-11(21(20)17-4-1-10(9-27)34-17)2-3-12-19(13)24(33)26(23(12)32)6-5-18(29)30/h1-2,4,8,12-13,19,21,27H,3,5-7,9H2,(H,29,30)/t12-,13+,19-,21+/m0/s1.